The first-order chi connectivity index (χ1) is 16.0. The van der Waals surface area contributed by atoms with E-state index in [2.05, 4.69) is 43.1 Å². The molecule has 6 nitrogen and oxygen atoms in total. The number of aryl methyl sites for hydroxylation is 1. The Kier molecular flexibility index (Phi) is 6.92. The summed E-state index contributed by atoms with van der Waals surface area (Å²) in [6.07, 6.45) is 3.16. The van der Waals surface area contributed by atoms with E-state index in [9.17, 15) is 14.4 Å². The molecule has 2 aliphatic rings. The highest BCUT2D eigenvalue weighted by atomic mass is 16.2. The minimum atomic E-state index is -0.483. The van der Waals surface area contributed by atoms with Crippen molar-refractivity contribution >= 4 is 17.7 Å². The number of carbonyl (C=O) groups excluding carboxylic acids is 3. The van der Waals surface area contributed by atoms with Crippen LogP contribution in [0, 0.1) is 12.8 Å². The van der Waals surface area contributed by atoms with Crippen LogP contribution in [-0.4, -0.2) is 59.7 Å². The van der Waals surface area contributed by atoms with E-state index in [1.54, 1.807) is 15.9 Å². The Morgan fingerprint density at radius 3 is 2.70 bits per heavy atom. The van der Waals surface area contributed by atoms with Gasteiger partial charge in [0, 0.05) is 32.6 Å². The highest BCUT2D eigenvalue weighted by molar-refractivity contribution is 5.91. The molecule has 3 amide bonds. The minimum Gasteiger partial charge on any atom is -0.344 e. The molecule has 2 fully saturated rings. The third-order valence-corrected chi connectivity index (χ3v) is 6.56. The highest BCUT2D eigenvalue weighted by Gasteiger charge is 2.36. The highest BCUT2D eigenvalue weighted by Crippen LogP contribution is 2.26. The third-order valence-electron chi connectivity index (χ3n) is 6.56. The van der Waals surface area contributed by atoms with E-state index < -0.39 is 6.04 Å². The molecule has 2 aromatic rings. The SMILES string of the molecule is C=CCN1CCN(C(=O)[C@@H]2CCC(=O)N2)C[C@@H](Cc2cccc(-c3ccccc3C)c2)C1=O. The van der Waals surface area contributed by atoms with Gasteiger partial charge in [0.1, 0.15) is 6.04 Å². The van der Waals surface area contributed by atoms with Crippen molar-refractivity contribution in [2.45, 2.75) is 32.2 Å². The number of benzene rings is 2. The summed E-state index contributed by atoms with van der Waals surface area (Å²) < 4.78 is 0. The molecule has 0 radical (unpaired) electrons. The number of nitrogens with zero attached hydrogens (tertiary/aromatic N) is 2. The molecule has 2 aliphatic heterocycles. The van der Waals surface area contributed by atoms with E-state index in [1.165, 1.54) is 11.1 Å². The summed E-state index contributed by atoms with van der Waals surface area (Å²) in [6, 6.07) is 16.1. The van der Waals surface area contributed by atoms with E-state index in [1.807, 2.05) is 24.3 Å². The normalized spacial score (nSPS) is 21.0. The lowest BCUT2D eigenvalue weighted by atomic mass is 9.93. The lowest BCUT2D eigenvalue weighted by Gasteiger charge is -2.26. The predicted molar refractivity (Wildman–Crippen MR) is 128 cm³/mol. The summed E-state index contributed by atoms with van der Waals surface area (Å²) in [4.78, 5) is 41.6. The average Bonchev–Trinajstić information content (AvgIpc) is 3.19. The van der Waals surface area contributed by atoms with Crippen molar-refractivity contribution in [1.82, 2.24) is 15.1 Å². The zero-order chi connectivity index (χ0) is 23.4. The Bertz CT molecular complexity index is 1060. The Labute approximate surface area is 195 Å². The van der Waals surface area contributed by atoms with Crippen molar-refractivity contribution in [2.24, 2.45) is 5.92 Å². The second-order valence-electron chi connectivity index (χ2n) is 8.93. The van der Waals surface area contributed by atoms with Crippen molar-refractivity contribution in [1.29, 1.82) is 0 Å². The van der Waals surface area contributed by atoms with Crippen LogP contribution in [0.25, 0.3) is 11.1 Å². The van der Waals surface area contributed by atoms with Gasteiger partial charge < -0.3 is 15.1 Å². The van der Waals surface area contributed by atoms with Crippen LogP contribution in [0.15, 0.2) is 61.2 Å². The molecule has 2 aromatic carbocycles. The molecule has 6 heteroatoms. The zero-order valence-electron chi connectivity index (χ0n) is 19.1. The fourth-order valence-electron chi connectivity index (χ4n) is 4.80. The number of hydrogen-bond acceptors (Lipinski definition) is 3. The van der Waals surface area contributed by atoms with Crippen LogP contribution in [-0.2, 0) is 20.8 Å². The van der Waals surface area contributed by atoms with Gasteiger partial charge in [0.2, 0.25) is 17.7 Å². The first-order valence-electron chi connectivity index (χ1n) is 11.6. The van der Waals surface area contributed by atoms with Gasteiger partial charge in [-0.1, -0.05) is 54.6 Å². The van der Waals surface area contributed by atoms with Gasteiger partial charge in [0.25, 0.3) is 0 Å². The molecule has 0 bridgehead atoms. The fraction of sp³-hybridized carbons (Fsp3) is 0.370. The van der Waals surface area contributed by atoms with Crippen LogP contribution < -0.4 is 5.32 Å². The van der Waals surface area contributed by atoms with E-state index in [4.69, 9.17) is 0 Å². The van der Waals surface area contributed by atoms with E-state index in [0.717, 1.165) is 11.1 Å². The van der Waals surface area contributed by atoms with Gasteiger partial charge in [-0.15, -0.1) is 6.58 Å². The molecule has 4 rings (SSSR count). The summed E-state index contributed by atoms with van der Waals surface area (Å²) in [5, 5.41) is 2.77. The first-order valence-corrected chi connectivity index (χ1v) is 11.6. The monoisotopic (exact) mass is 445 g/mol. The quantitative estimate of drug-likeness (QED) is 0.695. The molecule has 0 aromatic heterocycles. The molecule has 0 unspecified atom stereocenters. The average molecular weight is 446 g/mol. The maximum absolute atomic E-state index is 13.4. The van der Waals surface area contributed by atoms with Crippen LogP contribution in [0.2, 0.25) is 0 Å². The van der Waals surface area contributed by atoms with Gasteiger partial charge in [-0.25, -0.2) is 0 Å². The van der Waals surface area contributed by atoms with Crippen LogP contribution in [0.5, 0.6) is 0 Å². The van der Waals surface area contributed by atoms with Gasteiger partial charge in [-0.05, 0) is 42.0 Å². The maximum Gasteiger partial charge on any atom is 0.245 e. The Balaban J connectivity index is 1.57. The van der Waals surface area contributed by atoms with E-state index in [-0.39, 0.29) is 23.6 Å². The van der Waals surface area contributed by atoms with Gasteiger partial charge in [0.05, 0.1) is 5.92 Å². The number of rotatable bonds is 6. The van der Waals surface area contributed by atoms with Gasteiger partial charge >= 0.3 is 0 Å². The number of carbonyl (C=O) groups is 3. The standard InChI is InChI=1S/C27H31N3O3/c1-3-13-29-14-15-30(27(33)24-11-12-25(31)28-24)18-22(26(29)32)17-20-8-6-9-21(16-20)23-10-5-4-7-19(23)2/h3-10,16,22,24H,1,11-15,17-18H2,2H3,(H,28,31)/t22-,24+/m1/s1. The molecule has 2 saturated heterocycles. The van der Waals surface area contributed by atoms with Crippen molar-refractivity contribution in [3.8, 4) is 11.1 Å². The van der Waals surface area contributed by atoms with Gasteiger partial charge in [-0.3, -0.25) is 14.4 Å². The molecule has 1 N–H and O–H groups in total. The molecular formula is C27H31N3O3. The topological polar surface area (TPSA) is 69.7 Å². The van der Waals surface area contributed by atoms with Crippen LogP contribution in [0.3, 0.4) is 0 Å². The summed E-state index contributed by atoms with van der Waals surface area (Å²) in [7, 11) is 0. The van der Waals surface area contributed by atoms with Crippen molar-refractivity contribution in [3.05, 3.63) is 72.3 Å². The minimum absolute atomic E-state index is 0.0435. The molecule has 2 heterocycles. The molecule has 0 saturated carbocycles. The predicted octanol–water partition coefficient (Wildman–Crippen LogP) is 2.96. The Morgan fingerprint density at radius 1 is 1.15 bits per heavy atom. The van der Waals surface area contributed by atoms with E-state index >= 15 is 0 Å². The first kappa shape index (κ1) is 22.8. The Hall–Kier alpha value is -3.41. The second kappa shape index (κ2) is 10.0. The molecular weight excluding hydrogens is 414 g/mol. The lowest BCUT2D eigenvalue weighted by Crippen LogP contribution is -2.46. The zero-order valence-corrected chi connectivity index (χ0v) is 19.1. The maximum atomic E-state index is 13.4. The van der Waals surface area contributed by atoms with Crippen molar-refractivity contribution < 1.29 is 14.4 Å². The molecule has 33 heavy (non-hydrogen) atoms. The van der Waals surface area contributed by atoms with E-state index in [0.29, 0.717) is 45.4 Å². The van der Waals surface area contributed by atoms with Crippen LogP contribution in [0.4, 0.5) is 0 Å². The Morgan fingerprint density at radius 2 is 1.97 bits per heavy atom. The number of nitrogens with one attached hydrogen (secondary N) is 1. The summed E-state index contributed by atoms with van der Waals surface area (Å²) in [6.45, 7) is 7.62. The van der Waals surface area contributed by atoms with Crippen LogP contribution in [0.1, 0.15) is 24.0 Å². The summed E-state index contributed by atoms with van der Waals surface area (Å²) in [5.41, 5.74) is 4.56. The molecule has 0 aliphatic carbocycles. The van der Waals surface area contributed by atoms with Crippen molar-refractivity contribution in [3.63, 3.8) is 0 Å². The van der Waals surface area contributed by atoms with Gasteiger partial charge in [-0.2, -0.15) is 0 Å². The number of amides is 3. The molecule has 0 spiro atoms. The van der Waals surface area contributed by atoms with Crippen LogP contribution >= 0.6 is 0 Å². The van der Waals surface area contributed by atoms with Crippen molar-refractivity contribution in [2.75, 3.05) is 26.2 Å². The fourth-order valence-corrected chi connectivity index (χ4v) is 4.80. The second-order valence-corrected chi connectivity index (χ2v) is 8.93. The smallest absolute Gasteiger partial charge is 0.245 e. The summed E-state index contributed by atoms with van der Waals surface area (Å²) in [5.74, 6) is -0.479. The third kappa shape index (κ3) is 5.16. The molecule has 2 atom stereocenters. The van der Waals surface area contributed by atoms with Gasteiger partial charge in [0.15, 0.2) is 0 Å². The lowest BCUT2D eigenvalue weighted by molar-refractivity contribution is -0.136. The largest absolute Gasteiger partial charge is 0.344 e. The number of hydrogen-bond donors (Lipinski definition) is 1. The molecule has 172 valence electrons. The summed E-state index contributed by atoms with van der Waals surface area (Å²) >= 11 is 0.